The van der Waals surface area contributed by atoms with Crippen LogP contribution in [0.2, 0.25) is 0 Å². The van der Waals surface area contributed by atoms with Crippen molar-refractivity contribution < 1.29 is 19.3 Å². The zero-order valence-corrected chi connectivity index (χ0v) is 13.6. The quantitative estimate of drug-likeness (QED) is 0.261. The Morgan fingerprint density at radius 1 is 1.23 bits per heavy atom. The van der Waals surface area contributed by atoms with Crippen molar-refractivity contribution in [3.8, 4) is 5.75 Å². The second kappa shape index (κ2) is 7.43. The highest BCUT2D eigenvalue weighted by molar-refractivity contribution is 6.31. The molecule has 2 aromatic rings. The van der Waals surface area contributed by atoms with Crippen LogP contribution in [0.25, 0.3) is 6.08 Å². The van der Waals surface area contributed by atoms with E-state index in [4.69, 9.17) is 9.57 Å². The summed E-state index contributed by atoms with van der Waals surface area (Å²) in [4.78, 5) is 27.4. The van der Waals surface area contributed by atoms with Gasteiger partial charge in [-0.1, -0.05) is 48.1 Å². The number of carbonyl (C=O) groups is 1. The van der Waals surface area contributed by atoms with Crippen LogP contribution in [0, 0.1) is 10.1 Å². The van der Waals surface area contributed by atoms with E-state index in [9.17, 15) is 14.9 Å². The van der Waals surface area contributed by atoms with Gasteiger partial charge in [-0.15, -0.1) is 0 Å². The summed E-state index contributed by atoms with van der Waals surface area (Å²) in [5, 5.41) is 14.8. The van der Waals surface area contributed by atoms with Gasteiger partial charge in [0.25, 0.3) is 5.69 Å². The number of oxime groups is 1. The molecule has 26 heavy (non-hydrogen) atoms. The summed E-state index contributed by atoms with van der Waals surface area (Å²) in [5.41, 5.74) is 1.40. The normalized spacial score (nSPS) is 14.7. The molecular weight excluding hydrogens is 336 g/mol. The minimum Gasteiger partial charge on any atom is -0.489 e. The van der Waals surface area contributed by atoms with Gasteiger partial charge in [0.1, 0.15) is 18.1 Å². The fourth-order valence-corrected chi connectivity index (χ4v) is 2.42. The number of nitro groups is 1. The molecule has 7 nitrogen and oxygen atoms in total. The number of nitro benzene ring substituents is 1. The van der Waals surface area contributed by atoms with Crippen LogP contribution in [-0.2, 0) is 9.63 Å². The fourth-order valence-electron chi connectivity index (χ4n) is 2.42. The molecule has 0 spiro atoms. The molecule has 130 valence electrons. The molecule has 0 bridgehead atoms. The molecule has 1 heterocycles. The molecule has 0 fully saturated rings. The molecule has 1 aliphatic rings. The Morgan fingerprint density at radius 3 is 2.81 bits per heavy atom. The molecule has 2 aromatic carbocycles. The molecule has 0 amide bonds. The first-order valence-electron chi connectivity index (χ1n) is 7.69. The molecule has 7 heteroatoms. The second-order valence-electron chi connectivity index (χ2n) is 5.32. The number of benzene rings is 2. The van der Waals surface area contributed by atoms with Crippen LogP contribution in [-0.4, -0.2) is 23.2 Å². The Labute approximate surface area is 149 Å². The molecular formula is C19H14N2O5. The first-order valence-corrected chi connectivity index (χ1v) is 7.69. The number of para-hydroxylation sites is 1. The minimum atomic E-state index is -0.634. The summed E-state index contributed by atoms with van der Waals surface area (Å²) in [7, 11) is 0. The van der Waals surface area contributed by atoms with Crippen LogP contribution in [0.4, 0.5) is 5.69 Å². The summed E-state index contributed by atoms with van der Waals surface area (Å²) < 4.78 is 5.58. The van der Waals surface area contributed by atoms with Gasteiger partial charge in [0.05, 0.1) is 10.5 Å². The van der Waals surface area contributed by atoms with Crippen molar-refractivity contribution in [1.82, 2.24) is 0 Å². The lowest BCUT2D eigenvalue weighted by Gasteiger charge is -2.07. The minimum absolute atomic E-state index is 0.0985. The van der Waals surface area contributed by atoms with Gasteiger partial charge in [-0.05, 0) is 12.1 Å². The lowest BCUT2D eigenvalue weighted by Crippen LogP contribution is -2.07. The number of non-ortho nitro benzene ring substituents is 1. The lowest BCUT2D eigenvalue weighted by molar-refractivity contribution is -0.384. The SMILES string of the molecule is C=CCOc1ccccc1/C=C1/C(=O)ON=C1c1cccc([N+](=O)[O-])c1. The number of nitrogens with zero attached hydrogens (tertiary/aromatic N) is 2. The predicted octanol–water partition coefficient (Wildman–Crippen LogP) is 3.50. The summed E-state index contributed by atoms with van der Waals surface area (Å²) in [6, 6.07) is 13.0. The average Bonchev–Trinajstić information content (AvgIpc) is 3.01. The van der Waals surface area contributed by atoms with Crippen LogP contribution >= 0.6 is 0 Å². The van der Waals surface area contributed by atoms with E-state index < -0.39 is 10.9 Å². The maximum atomic E-state index is 12.1. The van der Waals surface area contributed by atoms with E-state index in [1.165, 1.54) is 18.2 Å². The topological polar surface area (TPSA) is 91.0 Å². The van der Waals surface area contributed by atoms with Crippen LogP contribution in [0.15, 0.2) is 71.9 Å². The van der Waals surface area contributed by atoms with Crippen molar-refractivity contribution in [2.45, 2.75) is 0 Å². The molecule has 0 radical (unpaired) electrons. The first kappa shape index (κ1) is 17.1. The second-order valence-corrected chi connectivity index (χ2v) is 5.32. The molecule has 1 aliphatic heterocycles. The molecule has 3 rings (SSSR count). The van der Waals surface area contributed by atoms with Gasteiger partial charge >= 0.3 is 5.97 Å². The molecule has 0 atom stereocenters. The average molecular weight is 350 g/mol. The third-order valence-corrected chi connectivity index (χ3v) is 3.60. The zero-order valence-electron chi connectivity index (χ0n) is 13.6. The van der Waals surface area contributed by atoms with E-state index in [2.05, 4.69) is 11.7 Å². The Morgan fingerprint density at radius 2 is 2.04 bits per heavy atom. The van der Waals surface area contributed by atoms with Crippen LogP contribution in [0.3, 0.4) is 0 Å². The van der Waals surface area contributed by atoms with Crippen LogP contribution < -0.4 is 4.74 Å². The summed E-state index contributed by atoms with van der Waals surface area (Å²) in [6.07, 6.45) is 3.20. The molecule has 0 unspecified atom stereocenters. The number of carbonyl (C=O) groups excluding carboxylic acids is 1. The van der Waals surface area contributed by atoms with E-state index in [-0.39, 0.29) is 17.0 Å². The zero-order chi connectivity index (χ0) is 18.5. The molecule has 0 aliphatic carbocycles. The number of ether oxygens (including phenoxy) is 1. The van der Waals surface area contributed by atoms with Crippen molar-refractivity contribution in [2.75, 3.05) is 6.61 Å². The van der Waals surface area contributed by atoms with Crippen molar-refractivity contribution in [2.24, 2.45) is 5.16 Å². The van der Waals surface area contributed by atoms with Crippen LogP contribution in [0.1, 0.15) is 11.1 Å². The highest BCUT2D eigenvalue weighted by Gasteiger charge is 2.28. The van der Waals surface area contributed by atoms with E-state index in [0.717, 1.165) is 0 Å². The Kier molecular flexibility index (Phi) is 4.89. The van der Waals surface area contributed by atoms with Gasteiger partial charge in [0.2, 0.25) is 0 Å². The smallest absolute Gasteiger partial charge is 0.368 e. The van der Waals surface area contributed by atoms with Gasteiger partial charge in [-0.3, -0.25) is 10.1 Å². The third-order valence-electron chi connectivity index (χ3n) is 3.60. The Bertz CT molecular complexity index is 946. The summed E-state index contributed by atoms with van der Waals surface area (Å²) in [5.74, 6) is -0.0666. The first-order chi connectivity index (χ1) is 12.6. The van der Waals surface area contributed by atoms with E-state index >= 15 is 0 Å². The number of rotatable bonds is 6. The van der Waals surface area contributed by atoms with Crippen molar-refractivity contribution in [3.05, 3.63) is 88.0 Å². The van der Waals surface area contributed by atoms with E-state index in [1.807, 2.05) is 6.07 Å². The van der Waals surface area contributed by atoms with Crippen molar-refractivity contribution in [1.29, 1.82) is 0 Å². The highest BCUT2D eigenvalue weighted by atomic mass is 16.7. The van der Waals surface area contributed by atoms with Gasteiger partial charge in [-0.25, -0.2) is 4.79 Å². The van der Waals surface area contributed by atoms with Gasteiger partial charge in [0.15, 0.2) is 0 Å². The van der Waals surface area contributed by atoms with Crippen molar-refractivity contribution in [3.63, 3.8) is 0 Å². The molecule has 0 saturated carbocycles. The monoisotopic (exact) mass is 350 g/mol. The highest BCUT2D eigenvalue weighted by Crippen LogP contribution is 2.26. The fraction of sp³-hybridized carbons (Fsp3) is 0.0526. The Hall–Kier alpha value is -3.74. The van der Waals surface area contributed by atoms with E-state index in [0.29, 0.717) is 23.5 Å². The maximum absolute atomic E-state index is 12.1. The van der Waals surface area contributed by atoms with Gasteiger partial charge in [0, 0.05) is 23.3 Å². The Balaban J connectivity index is 2.01. The molecule has 0 aromatic heterocycles. The number of hydrogen-bond acceptors (Lipinski definition) is 6. The van der Waals surface area contributed by atoms with Gasteiger partial charge in [-0.2, -0.15) is 0 Å². The van der Waals surface area contributed by atoms with Gasteiger partial charge < -0.3 is 9.57 Å². The third kappa shape index (κ3) is 3.51. The standard InChI is InChI=1S/C19H14N2O5/c1-2-10-25-17-9-4-3-6-13(17)12-16-18(20-26-19(16)22)14-7-5-8-15(11-14)21(23)24/h2-9,11-12H,1,10H2/b16-12+. The summed E-state index contributed by atoms with van der Waals surface area (Å²) in [6.45, 7) is 3.92. The van der Waals surface area contributed by atoms with E-state index in [1.54, 1.807) is 36.4 Å². The largest absolute Gasteiger partial charge is 0.489 e. The number of hydrogen-bond donors (Lipinski definition) is 0. The predicted molar refractivity (Wildman–Crippen MR) is 95.8 cm³/mol. The molecule has 0 saturated heterocycles. The van der Waals surface area contributed by atoms with Crippen molar-refractivity contribution >= 4 is 23.4 Å². The molecule has 0 N–H and O–H groups in total. The lowest BCUT2D eigenvalue weighted by atomic mass is 10.00. The maximum Gasteiger partial charge on any atom is 0.368 e. The van der Waals surface area contributed by atoms with Crippen LogP contribution in [0.5, 0.6) is 5.75 Å². The summed E-state index contributed by atoms with van der Waals surface area (Å²) >= 11 is 0.